The quantitative estimate of drug-likeness (QED) is 0.742. The molecule has 2 rings (SSSR count). The van der Waals surface area contributed by atoms with Gasteiger partial charge < -0.3 is 19.9 Å². The number of carbonyl (C=O) groups is 1. The number of hydrogen-bond acceptors (Lipinski definition) is 4. The van der Waals surface area contributed by atoms with Crippen molar-refractivity contribution in [3.63, 3.8) is 0 Å². The largest absolute Gasteiger partial charge is 0.444 e. The van der Waals surface area contributed by atoms with Crippen molar-refractivity contribution in [2.75, 3.05) is 6.61 Å². The first kappa shape index (κ1) is 20.9. The van der Waals surface area contributed by atoms with Crippen LogP contribution in [0.3, 0.4) is 0 Å². The molecule has 0 saturated heterocycles. The van der Waals surface area contributed by atoms with Crippen LogP contribution in [0.15, 0.2) is 60.7 Å². The molecule has 0 radical (unpaired) electrons. The first-order valence-corrected chi connectivity index (χ1v) is 9.16. The molecule has 0 spiro atoms. The molecule has 1 amide bonds. The van der Waals surface area contributed by atoms with Gasteiger partial charge in [-0.1, -0.05) is 60.7 Å². The van der Waals surface area contributed by atoms with Gasteiger partial charge in [-0.25, -0.2) is 4.79 Å². The lowest BCUT2D eigenvalue weighted by molar-refractivity contribution is 0.00278. The third kappa shape index (κ3) is 8.24. The molecule has 0 aliphatic rings. The number of aliphatic hydroxyl groups is 1. The maximum atomic E-state index is 12.2. The first-order valence-electron chi connectivity index (χ1n) is 9.16. The number of aliphatic hydroxyl groups excluding tert-OH is 1. The second-order valence-electron chi connectivity index (χ2n) is 7.51. The molecule has 0 fully saturated rings. The highest BCUT2D eigenvalue weighted by atomic mass is 16.6. The van der Waals surface area contributed by atoms with Crippen LogP contribution in [0.4, 0.5) is 4.79 Å². The standard InChI is InChI=1S/C22H29NO4/c1-22(2,3)27-21(25)23-19(14-17-10-6-4-7-11-17)20(24)16-26-15-18-12-8-5-9-13-18/h4-13,19-20,24H,14-16H2,1-3H3,(H,23,25)/t19-,20+/m0/s1. The van der Waals surface area contributed by atoms with E-state index < -0.39 is 23.8 Å². The van der Waals surface area contributed by atoms with Crippen molar-refractivity contribution in [3.05, 3.63) is 71.8 Å². The van der Waals surface area contributed by atoms with E-state index in [1.165, 1.54) is 0 Å². The average molecular weight is 371 g/mol. The number of rotatable bonds is 8. The van der Waals surface area contributed by atoms with Gasteiger partial charge in [-0.2, -0.15) is 0 Å². The minimum atomic E-state index is -0.860. The predicted octanol–water partition coefficient (Wildman–Crippen LogP) is 3.70. The van der Waals surface area contributed by atoms with E-state index in [0.717, 1.165) is 11.1 Å². The molecule has 2 N–H and O–H groups in total. The average Bonchev–Trinajstić information content (AvgIpc) is 2.61. The molecule has 0 aliphatic carbocycles. The summed E-state index contributed by atoms with van der Waals surface area (Å²) >= 11 is 0. The number of alkyl carbamates (subject to hydrolysis) is 1. The van der Waals surface area contributed by atoms with Gasteiger partial charge in [0.2, 0.25) is 0 Å². The fourth-order valence-corrected chi connectivity index (χ4v) is 2.60. The number of amides is 1. The minimum absolute atomic E-state index is 0.113. The fourth-order valence-electron chi connectivity index (χ4n) is 2.60. The Bertz CT molecular complexity index is 682. The summed E-state index contributed by atoms with van der Waals surface area (Å²) in [6.45, 7) is 5.93. The zero-order valence-corrected chi connectivity index (χ0v) is 16.2. The van der Waals surface area contributed by atoms with Crippen molar-refractivity contribution in [2.45, 2.75) is 51.5 Å². The zero-order chi connectivity index (χ0) is 19.7. The number of hydrogen-bond donors (Lipinski definition) is 2. The third-order valence-electron chi connectivity index (χ3n) is 3.87. The topological polar surface area (TPSA) is 67.8 Å². The van der Waals surface area contributed by atoms with Gasteiger partial charge in [0.15, 0.2) is 0 Å². The van der Waals surface area contributed by atoms with Gasteiger partial charge >= 0.3 is 6.09 Å². The maximum absolute atomic E-state index is 12.2. The first-order chi connectivity index (χ1) is 12.8. The van der Waals surface area contributed by atoms with E-state index in [2.05, 4.69) is 5.32 Å². The van der Waals surface area contributed by atoms with Gasteiger partial charge in [-0.15, -0.1) is 0 Å². The summed E-state index contributed by atoms with van der Waals surface area (Å²) in [7, 11) is 0. The van der Waals surface area contributed by atoms with Crippen LogP contribution in [0.2, 0.25) is 0 Å². The number of benzene rings is 2. The van der Waals surface area contributed by atoms with Gasteiger partial charge in [0.1, 0.15) is 5.60 Å². The van der Waals surface area contributed by atoms with Crippen LogP contribution in [0.25, 0.3) is 0 Å². The highest BCUT2D eigenvalue weighted by Crippen LogP contribution is 2.11. The van der Waals surface area contributed by atoms with Gasteiger partial charge in [-0.3, -0.25) is 0 Å². The van der Waals surface area contributed by atoms with Crippen LogP contribution in [0.1, 0.15) is 31.9 Å². The van der Waals surface area contributed by atoms with Gasteiger partial charge in [0, 0.05) is 0 Å². The Hall–Kier alpha value is -2.37. The van der Waals surface area contributed by atoms with Gasteiger partial charge in [0.25, 0.3) is 0 Å². The smallest absolute Gasteiger partial charge is 0.407 e. The van der Waals surface area contributed by atoms with Crippen molar-refractivity contribution in [1.82, 2.24) is 5.32 Å². The fraction of sp³-hybridized carbons (Fsp3) is 0.409. The molecule has 2 atom stereocenters. The predicted molar refractivity (Wildman–Crippen MR) is 105 cm³/mol. The Labute approximate surface area is 161 Å². The molecule has 0 heterocycles. The van der Waals surface area contributed by atoms with Crippen LogP contribution in [-0.4, -0.2) is 35.6 Å². The molecule has 27 heavy (non-hydrogen) atoms. The van der Waals surface area contributed by atoms with Gasteiger partial charge in [-0.05, 0) is 38.3 Å². The molecule has 0 saturated carbocycles. The summed E-state index contributed by atoms with van der Waals surface area (Å²) in [4.78, 5) is 12.2. The van der Waals surface area contributed by atoms with Crippen molar-refractivity contribution in [3.8, 4) is 0 Å². The lowest BCUT2D eigenvalue weighted by Crippen LogP contribution is -2.48. The maximum Gasteiger partial charge on any atom is 0.407 e. The third-order valence-corrected chi connectivity index (χ3v) is 3.87. The Kier molecular flexibility index (Phi) is 7.82. The van der Waals surface area contributed by atoms with E-state index in [0.29, 0.717) is 13.0 Å². The molecular weight excluding hydrogens is 342 g/mol. The second-order valence-corrected chi connectivity index (χ2v) is 7.51. The molecule has 146 valence electrons. The molecule has 0 bridgehead atoms. The minimum Gasteiger partial charge on any atom is -0.444 e. The highest BCUT2D eigenvalue weighted by molar-refractivity contribution is 5.68. The van der Waals surface area contributed by atoms with E-state index in [1.807, 2.05) is 60.7 Å². The SMILES string of the molecule is CC(C)(C)OC(=O)N[C@@H](Cc1ccccc1)[C@H](O)COCc1ccccc1. The normalized spacial score (nSPS) is 13.6. The molecule has 0 aliphatic heterocycles. The highest BCUT2D eigenvalue weighted by Gasteiger charge is 2.25. The summed E-state index contributed by atoms with van der Waals surface area (Å²) < 4.78 is 11.0. The lowest BCUT2D eigenvalue weighted by atomic mass is 10.0. The summed E-state index contributed by atoms with van der Waals surface area (Å²) in [6, 6.07) is 18.9. The molecule has 5 nitrogen and oxygen atoms in total. The Morgan fingerprint density at radius 2 is 1.56 bits per heavy atom. The molecule has 0 unspecified atom stereocenters. The second kappa shape index (κ2) is 10.1. The van der Waals surface area contributed by atoms with E-state index in [-0.39, 0.29) is 6.61 Å². The Morgan fingerprint density at radius 3 is 2.11 bits per heavy atom. The van der Waals surface area contributed by atoms with Crippen molar-refractivity contribution < 1.29 is 19.4 Å². The van der Waals surface area contributed by atoms with Crippen LogP contribution in [0, 0.1) is 0 Å². The van der Waals surface area contributed by atoms with E-state index in [4.69, 9.17) is 9.47 Å². The summed E-state index contributed by atoms with van der Waals surface area (Å²) in [6.07, 6.45) is -0.928. The van der Waals surface area contributed by atoms with E-state index in [9.17, 15) is 9.90 Å². The van der Waals surface area contributed by atoms with Crippen molar-refractivity contribution >= 4 is 6.09 Å². The van der Waals surface area contributed by atoms with Crippen LogP contribution in [0.5, 0.6) is 0 Å². The molecular formula is C22H29NO4. The summed E-state index contributed by atoms with van der Waals surface area (Å²) in [5, 5.41) is 13.4. The van der Waals surface area contributed by atoms with Crippen LogP contribution >= 0.6 is 0 Å². The Balaban J connectivity index is 1.95. The van der Waals surface area contributed by atoms with Crippen molar-refractivity contribution in [2.24, 2.45) is 0 Å². The van der Waals surface area contributed by atoms with Crippen LogP contribution in [-0.2, 0) is 22.5 Å². The number of nitrogens with one attached hydrogen (secondary N) is 1. The Morgan fingerprint density at radius 1 is 1.00 bits per heavy atom. The molecule has 5 heteroatoms. The van der Waals surface area contributed by atoms with E-state index in [1.54, 1.807) is 20.8 Å². The zero-order valence-electron chi connectivity index (χ0n) is 16.2. The molecule has 2 aromatic carbocycles. The summed E-state index contributed by atoms with van der Waals surface area (Å²) in [5.41, 5.74) is 1.45. The number of ether oxygens (including phenoxy) is 2. The summed E-state index contributed by atoms with van der Waals surface area (Å²) in [5.74, 6) is 0. The monoisotopic (exact) mass is 371 g/mol. The molecule has 0 aromatic heterocycles. The number of carbonyl (C=O) groups excluding carboxylic acids is 1. The van der Waals surface area contributed by atoms with Gasteiger partial charge in [0.05, 0.1) is 25.4 Å². The van der Waals surface area contributed by atoms with Crippen LogP contribution < -0.4 is 5.32 Å². The van der Waals surface area contributed by atoms with Crippen molar-refractivity contribution in [1.29, 1.82) is 0 Å². The van der Waals surface area contributed by atoms with E-state index >= 15 is 0 Å². The lowest BCUT2D eigenvalue weighted by Gasteiger charge is -2.27. The molecule has 2 aromatic rings.